The zero-order chi connectivity index (χ0) is 12.1. The van der Waals surface area contributed by atoms with E-state index in [1.807, 2.05) is 30.3 Å². The second-order valence-electron chi connectivity index (χ2n) is 4.01. The van der Waals surface area contributed by atoms with Crippen molar-refractivity contribution in [1.29, 1.82) is 0 Å². The number of hydrogen-bond acceptors (Lipinski definition) is 3. The van der Waals surface area contributed by atoms with Gasteiger partial charge in [0.15, 0.2) is 6.10 Å². The maximum Gasteiger partial charge on any atom is 0.263 e. The highest BCUT2D eigenvalue weighted by Crippen LogP contribution is 2.12. The van der Waals surface area contributed by atoms with Gasteiger partial charge in [0.25, 0.3) is 5.91 Å². The molecule has 0 saturated carbocycles. The second kappa shape index (κ2) is 5.68. The summed E-state index contributed by atoms with van der Waals surface area (Å²) in [7, 11) is 0. The normalized spacial score (nSPS) is 17.6. The van der Waals surface area contributed by atoms with E-state index in [-0.39, 0.29) is 5.91 Å². The largest absolute Gasteiger partial charge is 0.481 e. The molecule has 1 aromatic rings. The number of hydrogen-bond donors (Lipinski definition) is 0. The van der Waals surface area contributed by atoms with Crippen molar-refractivity contribution in [1.82, 2.24) is 4.90 Å². The summed E-state index contributed by atoms with van der Waals surface area (Å²) < 4.78 is 10.8. The van der Waals surface area contributed by atoms with Gasteiger partial charge in [0.2, 0.25) is 0 Å². The molecular weight excluding hydrogens is 218 g/mol. The Morgan fingerprint density at radius 1 is 1.29 bits per heavy atom. The van der Waals surface area contributed by atoms with Gasteiger partial charge in [-0.1, -0.05) is 18.2 Å². The number of morpholine rings is 1. The zero-order valence-electron chi connectivity index (χ0n) is 9.96. The van der Waals surface area contributed by atoms with E-state index in [0.717, 1.165) is 5.75 Å². The molecule has 1 fully saturated rings. The highest BCUT2D eigenvalue weighted by atomic mass is 16.5. The Morgan fingerprint density at radius 3 is 2.59 bits per heavy atom. The van der Waals surface area contributed by atoms with Crippen LogP contribution in [0.4, 0.5) is 0 Å². The van der Waals surface area contributed by atoms with E-state index in [9.17, 15) is 4.79 Å². The van der Waals surface area contributed by atoms with Crippen LogP contribution in [0.2, 0.25) is 0 Å². The summed E-state index contributed by atoms with van der Waals surface area (Å²) in [6.07, 6.45) is -0.449. The summed E-state index contributed by atoms with van der Waals surface area (Å²) in [5.74, 6) is 0.749. The molecule has 1 atom stereocenters. The lowest BCUT2D eigenvalue weighted by Gasteiger charge is -2.29. The van der Waals surface area contributed by atoms with Crippen molar-refractivity contribution < 1.29 is 14.3 Å². The highest BCUT2D eigenvalue weighted by Gasteiger charge is 2.23. The van der Waals surface area contributed by atoms with Crippen LogP contribution in [-0.2, 0) is 9.53 Å². The lowest BCUT2D eigenvalue weighted by atomic mass is 10.3. The fourth-order valence-electron chi connectivity index (χ4n) is 1.79. The van der Waals surface area contributed by atoms with Crippen molar-refractivity contribution >= 4 is 5.91 Å². The minimum absolute atomic E-state index is 0.0251. The predicted molar refractivity (Wildman–Crippen MR) is 63.9 cm³/mol. The van der Waals surface area contributed by atoms with E-state index in [4.69, 9.17) is 9.47 Å². The average Bonchev–Trinajstić information content (AvgIpc) is 2.40. The molecule has 17 heavy (non-hydrogen) atoms. The molecule has 1 aliphatic rings. The monoisotopic (exact) mass is 235 g/mol. The van der Waals surface area contributed by atoms with Gasteiger partial charge < -0.3 is 14.4 Å². The van der Waals surface area contributed by atoms with Crippen LogP contribution in [0, 0.1) is 0 Å². The Kier molecular flexibility index (Phi) is 3.98. The van der Waals surface area contributed by atoms with Gasteiger partial charge in [0, 0.05) is 13.1 Å². The van der Waals surface area contributed by atoms with Crippen molar-refractivity contribution in [2.24, 2.45) is 0 Å². The fraction of sp³-hybridized carbons (Fsp3) is 0.462. The van der Waals surface area contributed by atoms with E-state index in [1.165, 1.54) is 0 Å². The molecule has 92 valence electrons. The summed E-state index contributed by atoms with van der Waals surface area (Å²) in [6.45, 7) is 4.32. The molecule has 2 rings (SSSR count). The molecule has 1 aromatic carbocycles. The molecule has 0 radical (unpaired) electrons. The van der Waals surface area contributed by atoms with E-state index in [0.29, 0.717) is 26.3 Å². The van der Waals surface area contributed by atoms with E-state index in [2.05, 4.69) is 0 Å². The molecule has 0 spiro atoms. The lowest BCUT2D eigenvalue weighted by molar-refractivity contribution is -0.142. The first-order valence-corrected chi connectivity index (χ1v) is 5.85. The minimum Gasteiger partial charge on any atom is -0.481 e. The van der Waals surface area contributed by atoms with E-state index in [1.54, 1.807) is 11.8 Å². The lowest BCUT2D eigenvalue weighted by Crippen LogP contribution is -2.46. The number of ether oxygens (including phenoxy) is 2. The topological polar surface area (TPSA) is 38.8 Å². The van der Waals surface area contributed by atoms with Crippen LogP contribution < -0.4 is 4.74 Å². The van der Waals surface area contributed by atoms with Gasteiger partial charge in [-0.05, 0) is 19.1 Å². The first kappa shape index (κ1) is 11.9. The molecule has 1 amide bonds. The maximum atomic E-state index is 12.0. The van der Waals surface area contributed by atoms with Crippen LogP contribution in [0.3, 0.4) is 0 Å². The third-order valence-electron chi connectivity index (χ3n) is 2.73. The Bertz CT molecular complexity index is 360. The minimum atomic E-state index is -0.449. The Hall–Kier alpha value is -1.55. The van der Waals surface area contributed by atoms with Gasteiger partial charge in [-0.3, -0.25) is 4.79 Å². The molecule has 4 heteroatoms. The molecule has 4 nitrogen and oxygen atoms in total. The molecule has 0 aromatic heterocycles. The smallest absolute Gasteiger partial charge is 0.263 e. The molecular formula is C13H17NO3. The molecule has 0 bridgehead atoms. The van der Waals surface area contributed by atoms with Crippen molar-refractivity contribution in [3.63, 3.8) is 0 Å². The number of rotatable bonds is 3. The van der Waals surface area contributed by atoms with Gasteiger partial charge in [-0.25, -0.2) is 0 Å². The quantitative estimate of drug-likeness (QED) is 0.793. The second-order valence-corrected chi connectivity index (χ2v) is 4.01. The number of carbonyl (C=O) groups excluding carboxylic acids is 1. The van der Waals surface area contributed by atoms with E-state index < -0.39 is 6.10 Å². The third kappa shape index (κ3) is 3.20. The van der Waals surface area contributed by atoms with Crippen LogP contribution in [-0.4, -0.2) is 43.2 Å². The third-order valence-corrected chi connectivity index (χ3v) is 2.73. The van der Waals surface area contributed by atoms with Gasteiger partial charge in [0.05, 0.1) is 13.2 Å². The van der Waals surface area contributed by atoms with Crippen LogP contribution in [0.1, 0.15) is 6.92 Å². The van der Waals surface area contributed by atoms with Crippen LogP contribution >= 0.6 is 0 Å². The Balaban J connectivity index is 1.90. The number of carbonyl (C=O) groups is 1. The molecule has 1 heterocycles. The zero-order valence-corrected chi connectivity index (χ0v) is 9.96. The summed E-state index contributed by atoms with van der Waals surface area (Å²) in [5, 5.41) is 0. The van der Waals surface area contributed by atoms with Crippen LogP contribution in [0.15, 0.2) is 30.3 Å². The van der Waals surface area contributed by atoms with Crippen molar-refractivity contribution in [3.05, 3.63) is 30.3 Å². The van der Waals surface area contributed by atoms with E-state index >= 15 is 0 Å². The molecule has 1 saturated heterocycles. The van der Waals surface area contributed by atoms with Crippen LogP contribution in [0.5, 0.6) is 5.75 Å². The molecule has 0 aliphatic carbocycles. The first-order chi connectivity index (χ1) is 8.27. The van der Waals surface area contributed by atoms with Crippen molar-refractivity contribution in [2.75, 3.05) is 26.3 Å². The van der Waals surface area contributed by atoms with Crippen molar-refractivity contribution in [3.8, 4) is 5.75 Å². The van der Waals surface area contributed by atoms with Gasteiger partial charge in [-0.2, -0.15) is 0 Å². The Morgan fingerprint density at radius 2 is 1.94 bits per heavy atom. The standard InChI is InChI=1S/C13H17NO3/c1-11(17-12-5-3-2-4-6-12)13(15)14-7-9-16-10-8-14/h2-6,11H,7-10H2,1H3/t11-/m0/s1. The summed E-state index contributed by atoms with van der Waals surface area (Å²) in [5.41, 5.74) is 0. The fourth-order valence-corrected chi connectivity index (χ4v) is 1.79. The Labute approximate surface area is 101 Å². The molecule has 0 unspecified atom stereocenters. The number of benzene rings is 1. The van der Waals surface area contributed by atoms with Gasteiger partial charge in [-0.15, -0.1) is 0 Å². The molecule has 1 aliphatic heterocycles. The predicted octanol–water partition coefficient (Wildman–Crippen LogP) is 1.31. The number of amides is 1. The van der Waals surface area contributed by atoms with Gasteiger partial charge >= 0.3 is 0 Å². The van der Waals surface area contributed by atoms with Crippen molar-refractivity contribution in [2.45, 2.75) is 13.0 Å². The van der Waals surface area contributed by atoms with Gasteiger partial charge in [0.1, 0.15) is 5.75 Å². The average molecular weight is 235 g/mol. The maximum absolute atomic E-state index is 12.0. The number of para-hydroxylation sites is 1. The highest BCUT2D eigenvalue weighted by molar-refractivity contribution is 5.81. The first-order valence-electron chi connectivity index (χ1n) is 5.85. The van der Waals surface area contributed by atoms with Crippen LogP contribution in [0.25, 0.3) is 0 Å². The summed E-state index contributed by atoms with van der Waals surface area (Å²) in [4.78, 5) is 13.8. The molecule has 0 N–H and O–H groups in total. The number of nitrogens with zero attached hydrogens (tertiary/aromatic N) is 1. The summed E-state index contributed by atoms with van der Waals surface area (Å²) >= 11 is 0. The summed E-state index contributed by atoms with van der Waals surface area (Å²) in [6, 6.07) is 9.40. The SMILES string of the molecule is C[C@H](Oc1ccccc1)C(=O)N1CCOCC1.